The van der Waals surface area contributed by atoms with E-state index in [2.05, 4.69) is 11.4 Å². The number of carbonyl (C=O) groups excluding carboxylic acids is 2. The number of esters is 1. The molecule has 1 N–H and O–H groups in total. The third-order valence-electron chi connectivity index (χ3n) is 6.47. The molecule has 3 aromatic carbocycles. The molecule has 10 nitrogen and oxygen atoms in total. The molecule has 0 radical (unpaired) electrons. The zero-order valence-corrected chi connectivity index (χ0v) is 23.7. The van der Waals surface area contributed by atoms with Crippen LogP contribution in [0.25, 0.3) is 22.5 Å². The molecule has 42 heavy (non-hydrogen) atoms. The van der Waals surface area contributed by atoms with Crippen molar-refractivity contribution in [1.82, 2.24) is 4.31 Å². The Morgan fingerprint density at radius 3 is 2.26 bits per heavy atom. The average molecular weight is 606 g/mol. The summed E-state index contributed by atoms with van der Waals surface area (Å²) in [7, 11) is -3.90. The predicted molar refractivity (Wildman–Crippen MR) is 154 cm³/mol. The van der Waals surface area contributed by atoms with Gasteiger partial charge in [0, 0.05) is 24.2 Å². The first-order chi connectivity index (χ1) is 20.3. The zero-order valence-electron chi connectivity index (χ0n) is 22.1. The van der Waals surface area contributed by atoms with Crippen molar-refractivity contribution in [3.63, 3.8) is 0 Å². The van der Waals surface area contributed by atoms with Gasteiger partial charge in [0.25, 0.3) is 5.91 Å². The highest BCUT2D eigenvalue weighted by atomic mass is 35.5. The molecule has 0 atom stereocenters. The number of anilines is 1. The van der Waals surface area contributed by atoms with Gasteiger partial charge in [0.2, 0.25) is 15.9 Å². The number of nitrogens with one attached hydrogen (secondary N) is 1. The second-order valence-corrected chi connectivity index (χ2v) is 11.5. The number of hydrogen-bond acceptors (Lipinski definition) is 8. The van der Waals surface area contributed by atoms with Gasteiger partial charge in [-0.15, -0.1) is 0 Å². The van der Waals surface area contributed by atoms with Crippen LogP contribution in [0.2, 0.25) is 5.02 Å². The molecule has 0 saturated carbocycles. The Bertz CT molecular complexity index is 1760. The molecule has 12 heteroatoms. The Balaban J connectivity index is 1.34. The van der Waals surface area contributed by atoms with E-state index in [0.29, 0.717) is 22.5 Å². The summed E-state index contributed by atoms with van der Waals surface area (Å²) in [6, 6.07) is 24.0. The van der Waals surface area contributed by atoms with Crippen molar-refractivity contribution in [2.75, 3.05) is 38.2 Å². The van der Waals surface area contributed by atoms with Gasteiger partial charge in [-0.25, -0.2) is 13.2 Å². The van der Waals surface area contributed by atoms with E-state index in [1.807, 2.05) is 60.7 Å². The monoisotopic (exact) mass is 605 g/mol. The number of halogens is 1. The molecule has 1 aliphatic heterocycles. The topological polar surface area (TPSA) is 139 Å². The second kappa shape index (κ2) is 12.6. The van der Waals surface area contributed by atoms with Gasteiger partial charge in [0.1, 0.15) is 17.4 Å². The minimum absolute atomic E-state index is 0.0425. The Labute approximate surface area is 247 Å². The van der Waals surface area contributed by atoms with Gasteiger partial charge >= 0.3 is 5.97 Å². The highest BCUT2D eigenvalue weighted by Gasteiger charge is 2.28. The fraction of sp³-hybridized carbons (Fsp3) is 0.167. The van der Waals surface area contributed by atoms with Crippen LogP contribution in [-0.4, -0.2) is 57.5 Å². The van der Waals surface area contributed by atoms with Crippen LogP contribution in [0, 0.1) is 11.3 Å². The number of carbonyl (C=O) groups is 2. The molecule has 1 aromatic heterocycles. The molecule has 214 valence electrons. The normalized spacial score (nSPS) is 13.7. The maximum atomic E-state index is 13.0. The van der Waals surface area contributed by atoms with E-state index in [1.54, 1.807) is 0 Å². The van der Waals surface area contributed by atoms with Gasteiger partial charge in [-0.3, -0.25) is 10.1 Å². The number of hydrogen-bond donors (Lipinski definition) is 1. The molecule has 2 heterocycles. The fourth-order valence-electron chi connectivity index (χ4n) is 4.43. The molecular weight excluding hydrogens is 582 g/mol. The van der Waals surface area contributed by atoms with Gasteiger partial charge < -0.3 is 13.9 Å². The summed E-state index contributed by atoms with van der Waals surface area (Å²) >= 11 is 6.17. The van der Waals surface area contributed by atoms with Crippen molar-refractivity contribution >= 4 is 39.4 Å². The first kappa shape index (κ1) is 29.0. The Kier molecular flexibility index (Phi) is 8.70. The van der Waals surface area contributed by atoms with E-state index in [4.69, 9.17) is 25.5 Å². The molecule has 5 rings (SSSR count). The van der Waals surface area contributed by atoms with Crippen molar-refractivity contribution in [3.8, 4) is 28.5 Å². The molecule has 0 spiro atoms. The molecule has 1 fully saturated rings. The zero-order chi connectivity index (χ0) is 29.7. The number of sulfonamides is 1. The van der Waals surface area contributed by atoms with Crippen molar-refractivity contribution in [2.45, 2.75) is 4.90 Å². The SMILES string of the molecule is N#Cc1c(NC(=O)COC(=O)c2cc(S(=O)(=O)N3CCOCC3)ccc2Cl)oc(-c2ccccc2)c1-c1ccccc1. The lowest BCUT2D eigenvalue weighted by Crippen LogP contribution is -2.40. The van der Waals surface area contributed by atoms with Crippen LogP contribution in [0.5, 0.6) is 0 Å². The minimum Gasteiger partial charge on any atom is -0.452 e. The van der Waals surface area contributed by atoms with Crippen molar-refractivity contribution in [3.05, 3.63) is 95.0 Å². The van der Waals surface area contributed by atoms with Gasteiger partial charge in [-0.1, -0.05) is 72.3 Å². The van der Waals surface area contributed by atoms with Crippen LogP contribution in [0.15, 0.2) is 88.2 Å². The lowest BCUT2D eigenvalue weighted by Gasteiger charge is -2.26. The van der Waals surface area contributed by atoms with E-state index >= 15 is 0 Å². The molecule has 1 aliphatic rings. The summed E-state index contributed by atoms with van der Waals surface area (Å²) in [5.41, 5.74) is 1.80. The summed E-state index contributed by atoms with van der Waals surface area (Å²) < 4.78 is 43.6. The molecule has 1 saturated heterocycles. The van der Waals surface area contributed by atoms with Gasteiger partial charge in [0.05, 0.1) is 28.7 Å². The summed E-state index contributed by atoms with van der Waals surface area (Å²) in [6.45, 7) is 0.141. The van der Waals surface area contributed by atoms with Crippen LogP contribution in [-0.2, 0) is 24.3 Å². The molecule has 0 unspecified atom stereocenters. The number of nitriles is 1. The van der Waals surface area contributed by atoms with Crippen molar-refractivity contribution in [1.29, 1.82) is 5.26 Å². The Morgan fingerprint density at radius 1 is 0.976 bits per heavy atom. The quantitative estimate of drug-likeness (QED) is 0.278. The summed E-state index contributed by atoms with van der Waals surface area (Å²) in [5.74, 6) is -1.49. The first-order valence-electron chi connectivity index (χ1n) is 12.8. The number of benzene rings is 3. The van der Waals surface area contributed by atoms with Crippen LogP contribution < -0.4 is 5.32 Å². The molecule has 4 aromatic rings. The highest BCUT2D eigenvalue weighted by Crippen LogP contribution is 2.41. The number of nitrogens with zero attached hydrogens (tertiary/aromatic N) is 2. The van der Waals surface area contributed by atoms with E-state index < -0.39 is 28.5 Å². The largest absolute Gasteiger partial charge is 0.452 e. The van der Waals surface area contributed by atoms with E-state index in [1.165, 1.54) is 16.4 Å². The number of amides is 1. The molecule has 1 amide bonds. The van der Waals surface area contributed by atoms with Crippen LogP contribution in [0.1, 0.15) is 15.9 Å². The maximum absolute atomic E-state index is 13.0. The summed E-state index contributed by atoms with van der Waals surface area (Å²) in [4.78, 5) is 25.5. The summed E-state index contributed by atoms with van der Waals surface area (Å²) in [5, 5.41) is 12.5. The van der Waals surface area contributed by atoms with E-state index in [-0.39, 0.29) is 53.2 Å². The minimum atomic E-state index is -3.90. The molecule has 0 aliphatic carbocycles. The van der Waals surface area contributed by atoms with Crippen LogP contribution in [0.4, 0.5) is 5.88 Å². The number of morpholine rings is 1. The van der Waals surface area contributed by atoms with Gasteiger partial charge in [-0.05, 0) is 23.8 Å². The van der Waals surface area contributed by atoms with E-state index in [0.717, 1.165) is 6.07 Å². The predicted octanol–water partition coefficient (Wildman–Crippen LogP) is 4.96. The third-order valence-corrected chi connectivity index (χ3v) is 8.70. The first-order valence-corrected chi connectivity index (χ1v) is 14.6. The average Bonchev–Trinajstić information content (AvgIpc) is 3.39. The van der Waals surface area contributed by atoms with Crippen LogP contribution in [0.3, 0.4) is 0 Å². The Hall–Kier alpha value is -4.47. The lowest BCUT2D eigenvalue weighted by atomic mass is 9.98. The van der Waals surface area contributed by atoms with E-state index in [9.17, 15) is 23.3 Å². The highest BCUT2D eigenvalue weighted by molar-refractivity contribution is 7.89. The Morgan fingerprint density at radius 2 is 1.62 bits per heavy atom. The fourth-order valence-corrected chi connectivity index (χ4v) is 6.06. The summed E-state index contributed by atoms with van der Waals surface area (Å²) in [6.07, 6.45) is 0. The number of ether oxygens (including phenoxy) is 2. The van der Waals surface area contributed by atoms with Crippen molar-refractivity contribution < 1.29 is 31.9 Å². The van der Waals surface area contributed by atoms with Crippen molar-refractivity contribution in [2.24, 2.45) is 0 Å². The van der Waals surface area contributed by atoms with Crippen LogP contribution >= 0.6 is 11.6 Å². The van der Waals surface area contributed by atoms with Gasteiger partial charge in [-0.2, -0.15) is 9.57 Å². The number of rotatable bonds is 8. The number of furan rings is 1. The van der Waals surface area contributed by atoms with Gasteiger partial charge in [0.15, 0.2) is 6.61 Å². The molecular formula is C30H24ClN3O7S. The smallest absolute Gasteiger partial charge is 0.340 e. The maximum Gasteiger partial charge on any atom is 0.340 e. The third kappa shape index (κ3) is 6.07. The molecule has 0 bridgehead atoms. The lowest BCUT2D eigenvalue weighted by molar-refractivity contribution is -0.119. The standard InChI is InChI=1S/C30H24ClN3O7S/c31-25-12-11-22(42(37,38)34-13-15-39-16-14-34)17-23(25)30(36)40-19-26(35)33-29-24(18-32)27(20-7-3-1-4-8-20)28(41-29)21-9-5-2-6-10-21/h1-12,17H,13-16,19H2,(H,33,35). The second-order valence-electron chi connectivity index (χ2n) is 9.14.